The summed E-state index contributed by atoms with van der Waals surface area (Å²) in [5.41, 5.74) is 2.87. The van der Waals surface area contributed by atoms with Gasteiger partial charge in [0.05, 0.1) is 5.52 Å². The Kier molecular flexibility index (Phi) is 5.25. The van der Waals surface area contributed by atoms with Crippen LogP contribution in [0.15, 0.2) is 30.5 Å². The van der Waals surface area contributed by atoms with Gasteiger partial charge in [-0.3, -0.25) is 0 Å². The Labute approximate surface area is 140 Å². The number of para-hydroxylation sites is 1. The van der Waals surface area contributed by atoms with E-state index in [1.165, 1.54) is 0 Å². The number of hydrogen-bond donors (Lipinski definition) is 0. The normalized spacial score (nSPS) is 14.9. The molecule has 1 heterocycles. The van der Waals surface area contributed by atoms with Crippen LogP contribution in [0.1, 0.15) is 0 Å². The molecule has 0 spiro atoms. The van der Waals surface area contributed by atoms with Crippen LogP contribution in [0.25, 0.3) is 16.7 Å². The predicted molar refractivity (Wildman–Crippen MR) is 87.2 cm³/mol. The van der Waals surface area contributed by atoms with Gasteiger partial charge in [0.15, 0.2) is 6.21 Å². The van der Waals surface area contributed by atoms with Crippen LogP contribution >= 0.6 is 7.81 Å². The third-order valence-corrected chi connectivity index (χ3v) is 2.38. The second kappa shape index (κ2) is 6.29. The van der Waals surface area contributed by atoms with Gasteiger partial charge < -0.3 is 4.90 Å². The Hall–Kier alpha value is -2.16. The zero-order valence-electron chi connectivity index (χ0n) is 13.9. The van der Waals surface area contributed by atoms with E-state index in [2.05, 4.69) is 10.3 Å². The van der Waals surface area contributed by atoms with Crippen LogP contribution in [0.4, 0.5) is 25.2 Å². The third-order valence-electron chi connectivity index (χ3n) is 2.38. The summed E-state index contributed by atoms with van der Waals surface area (Å²) >= 11 is 0. The molecule has 12 heteroatoms. The number of rotatable bonds is 3. The van der Waals surface area contributed by atoms with Crippen molar-refractivity contribution in [3.05, 3.63) is 30.5 Å². The van der Waals surface area contributed by atoms with Crippen molar-refractivity contribution in [1.29, 1.82) is 0 Å². The summed E-state index contributed by atoms with van der Waals surface area (Å²) in [7, 11) is -2.70. The molecule has 0 unspecified atom stereocenters. The minimum absolute atomic E-state index is 0.898. The van der Waals surface area contributed by atoms with E-state index in [-0.39, 0.29) is 0 Å². The molecule has 0 aliphatic carbocycles. The maximum absolute atomic E-state index is 10.7. The maximum atomic E-state index is 9.87. The summed E-state index contributed by atoms with van der Waals surface area (Å²) in [6.45, 7) is 0. The second-order valence-electron chi connectivity index (χ2n) is 5.56. The average molecular weight is 389 g/mol. The van der Waals surface area contributed by atoms with Crippen LogP contribution in [-0.2, 0) is 0 Å². The molecule has 0 saturated carbocycles. The molecule has 2 rings (SSSR count). The van der Waals surface area contributed by atoms with Gasteiger partial charge in [0.2, 0.25) is 0 Å². The molecule has 0 N–H and O–H groups in total. The van der Waals surface area contributed by atoms with E-state index in [1.54, 1.807) is 0 Å². The fourth-order valence-corrected chi connectivity index (χ4v) is 1.73. The van der Waals surface area contributed by atoms with Gasteiger partial charge in [-0.25, -0.2) is 9.26 Å². The molecular weight excluding hydrogens is 371 g/mol. The molecule has 0 atom stereocenters. The molecule has 1 aromatic heterocycles. The Morgan fingerprint density at radius 2 is 1.60 bits per heavy atom. The van der Waals surface area contributed by atoms with Crippen LogP contribution in [0.2, 0.25) is 0 Å². The number of allylic oxidation sites excluding steroid dienone is 1. The zero-order valence-corrected chi connectivity index (χ0v) is 14.8. The summed E-state index contributed by atoms with van der Waals surface area (Å²) in [4.78, 5) is 1.99. The SMILES string of the molecule is CN(C)/C=C(/C=[N+](C)C)n1nnc2ccccc21.F[P-](F)(F)(F)(F)F. The molecule has 2 aromatic rings. The first kappa shape index (κ1) is 20.9. The first-order chi connectivity index (χ1) is 11.0. The van der Waals surface area contributed by atoms with Crippen molar-refractivity contribution in [3.63, 3.8) is 0 Å². The fraction of sp³-hybridized carbons (Fsp3) is 0.308. The first-order valence-electron chi connectivity index (χ1n) is 6.79. The quantitative estimate of drug-likeness (QED) is 0.335. The summed E-state index contributed by atoms with van der Waals surface area (Å²) in [5.74, 6) is 0. The molecule has 5 nitrogen and oxygen atoms in total. The first-order valence-corrected chi connectivity index (χ1v) is 8.82. The van der Waals surface area contributed by atoms with E-state index >= 15 is 0 Å². The van der Waals surface area contributed by atoms with Crippen molar-refractivity contribution in [3.8, 4) is 0 Å². The molecule has 25 heavy (non-hydrogen) atoms. The third kappa shape index (κ3) is 9.65. The summed E-state index contributed by atoms with van der Waals surface area (Å²) in [6.07, 6.45) is 4.03. The molecule has 1 aromatic carbocycles. The van der Waals surface area contributed by atoms with Crippen molar-refractivity contribution in [2.45, 2.75) is 0 Å². The van der Waals surface area contributed by atoms with Gasteiger partial charge in [-0.15, -0.1) is 5.10 Å². The van der Waals surface area contributed by atoms with E-state index in [9.17, 15) is 25.2 Å². The number of halogens is 6. The molecule has 0 aliphatic heterocycles. The van der Waals surface area contributed by atoms with E-state index in [0.717, 1.165) is 16.7 Å². The van der Waals surface area contributed by atoms with Gasteiger partial charge in [-0.2, -0.15) is 0 Å². The van der Waals surface area contributed by atoms with E-state index in [0.29, 0.717) is 0 Å². The van der Waals surface area contributed by atoms with E-state index in [1.807, 2.05) is 79.0 Å². The van der Waals surface area contributed by atoms with Crippen LogP contribution in [-0.4, -0.2) is 58.9 Å². The summed E-state index contributed by atoms with van der Waals surface area (Å²) < 4.78 is 63.0. The van der Waals surface area contributed by atoms with E-state index < -0.39 is 7.81 Å². The molecule has 0 fully saturated rings. The molecular formula is C13H18F6N5P. The predicted octanol–water partition coefficient (Wildman–Crippen LogP) is 4.52. The van der Waals surface area contributed by atoms with Gasteiger partial charge in [-0.1, -0.05) is 17.3 Å². The molecule has 0 bridgehead atoms. The Bertz CT molecular complexity index is 792. The molecule has 142 valence electrons. The van der Waals surface area contributed by atoms with Crippen LogP contribution in [0.3, 0.4) is 0 Å². The Morgan fingerprint density at radius 3 is 2.08 bits per heavy atom. The van der Waals surface area contributed by atoms with Crippen LogP contribution in [0.5, 0.6) is 0 Å². The molecule has 0 radical (unpaired) electrons. The number of aromatic nitrogens is 3. The fourth-order valence-electron chi connectivity index (χ4n) is 1.73. The molecule has 0 aliphatic rings. The van der Waals surface area contributed by atoms with Crippen molar-refractivity contribution in [1.82, 2.24) is 19.9 Å². The van der Waals surface area contributed by atoms with Gasteiger partial charge in [-0.05, 0) is 12.1 Å². The van der Waals surface area contributed by atoms with Crippen LogP contribution in [0, 0.1) is 0 Å². The van der Waals surface area contributed by atoms with Gasteiger partial charge >= 0.3 is 33.0 Å². The number of hydrogen-bond acceptors (Lipinski definition) is 3. The van der Waals surface area contributed by atoms with Gasteiger partial charge in [0.1, 0.15) is 25.3 Å². The van der Waals surface area contributed by atoms with Gasteiger partial charge in [0.25, 0.3) is 0 Å². The molecule has 0 saturated heterocycles. The second-order valence-corrected chi connectivity index (χ2v) is 7.48. The Morgan fingerprint density at radius 1 is 1.08 bits per heavy atom. The van der Waals surface area contributed by atoms with Crippen molar-refractivity contribution in [2.24, 2.45) is 0 Å². The number of benzene rings is 1. The van der Waals surface area contributed by atoms with Crippen molar-refractivity contribution < 1.29 is 29.8 Å². The monoisotopic (exact) mass is 389 g/mol. The van der Waals surface area contributed by atoms with E-state index in [4.69, 9.17) is 0 Å². The van der Waals surface area contributed by atoms with Crippen molar-refractivity contribution >= 4 is 30.8 Å². The topological polar surface area (TPSA) is 37.0 Å². The summed E-state index contributed by atoms with van der Waals surface area (Å²) in [5, 5.41) is 8.38. The van der Waals surface area contributed by atoms with Crippen LogP contribution < -0.4 is 0 Å². The standard InChI is InChI=1S/C13H18N5.F6P/c1-16(2)9-11(10-17(3)4)18-13-8-6-5-7-12(13)14-15-18;1-7(2,3,4,5)6/h5-10H,1-4H3;/q+1;-1. The number of nitrogens with zero attached hydrogens (tertiary/aromatic N) is 5. The van der Waals surface area contributed by atoms with Gasteiger partial charge in [0, 0.05) is 20.3 Å². The summed E-state index contributed by atoms with van der Waals surface area (Å²) in [6, 6.07) is 7.93. The average Bonchev–Trinajstić information content (AvgIpc) is 2.76. The molecule has 0 amide bonds. The number of fused-ring (bicyclic) bond motifs is 1. The Balaban J connectivity index is 0.000000381. The minimum atomic E-state index is -10.7. The van der Waals surface area contributed by atoms with Crippen molar-refractivity contribution in [2.75, 3.05) is 28.2 Å². The zero-order chi connectivity index (χ0) is 19.5.